The van der Waals surface area contributed by atoms with Crippen molar-refractivity contribution in [1.29, 1.82) is 0 Å². The molecule has 0 atom stereocenters. The van der Waals surface area contributed by atoms with E-state index in [1.807, 2.05) is 26.0 Å². The average Bonchev–Trinajstić information content (AvgIpc) is 2.66. The van der Waals surface area contributed by atoms with Crippen LogP contribution in [0.15, 0.2) is 12.1 Å². The van der Waals surface area contributed by atoms with Gasteiger partial charge in [0.15, 0.2) is 0 Å². The molecule has 2 nitrogen and oxygen atoms in total. The summed E-state index contributed by atoms with van der Waals surface area (Å²) in [5.74, 6) is 2.36. The lowest BCUT2D eigenvalue weighted by Crippen LogP contribution is -2.07. The summed E-state index contributed by atoms with van der Waals surface area (Å²) in [6, 6.07) is 3.97. The second-order valence-corrected chi connectivity index (χ2v) is 4.20. The maximum atomic E-state index is 5.85. The molecule has 0 saturated heterocycles. The van der Waals surface area contributed by atoms with Gasteiger partial charge in [-0.05, 0) is 19.9 Å². The van der Waals surface area contributed by atoms with E-state index in [0.29, 0.717) is 5.88 Å². The molecular weight excluding hydrogens is 212 g/mol. The van der Waals surface area contributed by atoms with Crippen molar-refractivity contribution in [1.82, 2.24) is 0 Å². The average molecular weight is 227 g/mol. The van der Waals surface area contributed by atoms with Crippen LogP contribution in [0, 0.1) is 0 Å². The molecule has 15 heavy (non-hydrogen) atoms. The first-order valence-corrected chi connectivity index (χ1v) is 5.76. The van der Waals surface area contributed by atoms with Crippen LogP contribution in [0.3, 0.4) is 0 Å². The van der Waals surface area contributed by atoms with E-state index in [2.05, 4.69) is 0 Å². The molecule has 0 aromatic heterocycles. The SMILES string of the molecule is CC(C)Oc1ccc(CCl)c2c1CCO2. The Hall–Kier alpha value is -0.890. The molecule has 0 amide bonds. The molecule has 1 aromatic rings. The summed E-state index contributed by atoms with van der Waals surface area (Å²) in [6.07, 6.45) is 1.11. The predicted molar refractivity (Wildman–Crippen MR) is 61.0 cm³/mol. The third kappa shape index (κ3) is 2.05. The third-order valence-electron chi connectivity index (χ3n) is 2.40. The Bertz CT molecular complexity index is 361. The highest BCUT2D eigenvalue weighted by Crippen LogP contribution is 2.37. The van der Waals surface area contributed by atoms with Crippen LogP contribution in [-0.4, -0.2) is 12.7 Å². The van der Waals surface area contributed by atoms with E-state index < -0.39 is 0 Å². The molecule has 0 unspecified atom stereocenters. The van der Waals surface area contributed by atoms with Crippen LogP contribution in [0.1, 0.15) is 25.0 Å². The number of hydrogen-bond donors (Lipinski definition) is 0. The minimum atomic E-state index is 0.191. The summed E-state index contributed by atoms with van der Waals surface area (Å²) in [4.78, 5) is 0. The highest BCUT2D eigenvalue weighted by molar-refractivity contribution is 6.17. The van der Waals surface area contributed by atoms with Crippen LogP contribution in [0.5, 0.6) is 11.5 Å². The van der Waals surface area contributed by atoms with E-state index in [1.165, 1.54) is 5.56 Å². The fourth-order valence-electron chi connectivity index (χ4n) is 1.80. The van der Waals surface area contributed by atoms with Crippen LogP contribution in [-0.2, 0) is 12.3 Å². The van der Waals surface area contributed by atoms with E-state index in [1.54, 1.807) is 0 Å². The summed E-state index contributed by atoms with van der Waals surface area (Å²) >= 11 is 5.85. The summed E-state index contributed by atoms with van der Waals surface area (Å²) in [5, 5.41) is 0. The molecule has 1 heterocycles. The van der Waals surface area contributed by atoms with Gasteiger partial charge in [-0.2, -0.15) is 0 Å². The predicted octanol–water partition coefficient (Wildman–Crippen LogP) is 3.15. The molecule has 3 heteroatoms. The molecule has 0 N–H and O–H groups in total. The molecule has 1 aliphatic rings. The Morgan fingerprint density at radius 3 is 2.93 bits per heavy atom. The summed E-state index contributed by atoms with van der Waals surface area (Å²) in [6.45, 7) is 4.78. The monoisotopic (exact) mass is 226 g/mol. The Kier molecular flexibility index (Phi) is 3.06. The number of halogens is 1. The van der Waals surface area contributed by atoms with Gasteiger partial charge >= 0.3 is 0 Å². The molecule has 0 spiro atoms. The molecule has 0 saturated carbocycles. The van der Waals surface area contributed by atoms with Crippen molar-refractivity contribution in [3.63, 3.8) is 0 Å². The van der Waals surface area contributed by atoms with Crippen LogP contribution >= 0.6 is 11.6 Å². The van der Waals surface area contributed by atoms with E-state index in [9.17, 15) is 0 Å². The quantitative estimate of drug-likeness (QED) is 0.738. The third-order valence-corrected chi connectivity index (χ3v) is 2.69. The van der Waals surface area contributed by atoms with Gasteiger partial charge < -0.3 is 9.47 Å². The van der Waals surface area contributed by atoms with Crippen molar-refractivity contribution < 1.29 is 9.47 Å². The van der Waals surface area contributed by atoms with Gasteiger partial charge in [0.05, 0.1) is 18.6 Å². The number of benzene rings is 1. The van der Waals surface area contributed by atoms with Crippen LogP contribution in [0.25, 0.3) is 0 Å². The van der Waals surface area contributed by atoms with Gasteiger partial charge in [-0.15, -0.1) is 11.6 Å². The molecule has 2 rings (SSSR count). The zero-order valence-corrected chi connectivity index (χ0v) is 9.80. The minimum Gasteiger partial charge on any atom is -0.492 e. The van der Waals surface area contributed by atoms with Gasteiger partial charge in [0.25, 0.3) is 0 Å². The maximum absolute atomic E-state index is 5.85. The fraction of sp³-hybridized carbons (Fsp3) is 0.500. The van der Waals surface area contributed by atoms with Crippen LogP contribution in [0.2, 0.25) is 0 Å². The van der Waals surface area contributed by atoms with Crippen molar-refractivity contribution in [3.8, 4) is 11.5 Å². The van der Waals surface area contributed by atoms with Crippen LogP contribution in [0.4, 0.5) is 0 Å². The highest BCUT2D eigenvalue weighted by atomic mass is 35.5. The zero-order valence-electron chi connectivity index (χ0n) is 9.05. The summed E-state index contributed by atoms with van der Waals surface area (Å²) < 4.78 is 11.3. The largest absolute Gasteiger partial charge is 0.492 e. The molecule has 0 aliphatic carbocycles. The zero-order chi connectivity index (χ0) is 10.8. The lowest BCUT2D eigenvalue weighted by molar-refractivity contribution is 0.240. The van der Waals surface area contributed by atoms with Crippen molar-refractivity contribution in [2.75, 3.05) is 6.61 Å². The Morgan fingerprint density at radius 2 is 2.27 bits per heavy atom. The van der Waals surface area contributed by atoms with E-state index in [0.717, 1.165) is 30.1 Å². The van der Waals surface area contributed by atoms with Gasteiger partial charge in [0.1, 0.15) is 11.5 Å². The Balaban J connectivity index is 2.38. The topological polar surface area (TPSA) is 18.5 Å². The number of fused-ring (bicyclic) bond motifs is 1. The lowest BCUT2D eigenvalue weighted by Gasteiger charge is -2.14. The van der Waals surface area contributed by atoms with E-state index in [-0.39, 0.29) is 6.10 Å². The molecule has 1 aromatic carbocycles. The first kappa shape index (κ1) is 10.6. The van der Waals surface area contributed by atoms with Crippen molar-refractivity contribution in [3.05, 3.63) is 23.3 Å². The summed E-state index contributed by atoms with van der Waals surface area (Å²) in [5.41, 5.74) is 2.22. The minimum absolute atomic E-state index is 0.191. The lowest BCUT2D eigenvalue weighted by atomic mass is 10.1. The second kappa shape index (κ2) is 4.31. The second-order valence-electron chi connectivity index (χ2n) is 3.93. The molecule has 0 fully saturated rings. The number of alkyl halides is 1. The number of rotatable bonds is 3. The van der Waals surface area contributed by atoms with Gasteiger partial charge in [-0.3, -0.25) is 0 Å². The highest BCUT2D eigenvalue weighted by Gasteiger charge is 2.21. The Labute approximate surface area is 95.1 Å². The standard InChI is InChI=1S/C12H15ClO2/c1-8(2)15-11-4-3-9(7-13)12-10(11)5-6-14-12/h3-4,8H,5-7H2,1-2H3. The van der Waals surface area contributed by atoms with Crippen molar-refractivity contribution in [2.24, 2.45) is 0 Å². The normalized spacial score (nSPS) is 13.9. The molecule has 0 bridgehead atoms. The number of hydrogen-bond acceptors (Lipinski definition) is 2. The summed E-state index contributed by atoms with van der Waals surface area (Å²) in [7, 11) is 0. The first-order chi connectivity index (χ1) is 7.22. The smallest absolute Gasteiger partial charge is 0.130 e. The molecule has 0 radical (unpaired) electrons. The van der Waals surface area contributed by atoms with Crippen LogP contribution < -0.4 is 9.47 Å². The molecule has 82 valence electrons. The van der Waals surface area contributed by atoms with Gasteiger partial charge in [-0.1, -0.05) is 6.07 Å². The maximum Gasteiger partial charge on any atom is 0.130 e. The molecular formula is C12H15ClO2. The first-order valence-electron chi connectivity index (χ1n) is 5.22. The Morgan fingerprint density at radius 1 is 1.47 bits per heavy atom. The van der Waals surface area contributed by atoms with Gasteiger partial charge in [0, 0.05) is 17.5 Å². The van der Waals surface area contributed by atoms with E-state index in [4.69, 9.17) is 21.1 Å². The fourth-order valence-corrected chi connectivity index (χ4v) is 2.01. The van der Waals surface area contributed by atoms with Gasteiger partial charge in [-0.25, -0.2) is 0 Å². The number of ether oxygens (including phenoxy) is 2. The van der Waals surface area contributed by atoms with Crippen molar-refractivity contribution in [2.45, 2.75) is 32.3 Å². The molecule has 1 aliphatic heterocycles. The van der Waals surface area contributed by atoms with Crippen molar-refractivity contribution >= 4 is 11.6 Å². The van der Waals surface area contributed by atoms with Gasteiger partial charge in [0.2, 0.25) is 0 Å². The van der Waals surface area contributed by atoms with E-state index >= 15 is 0 Å².